The molecule has 1 aliphatic rings. The monoisotopic (exact) mass is 295 g/mol. The van der Waals surface area contributed by atoms with E-state index in [2.05, 4.69) is 13.8 Å². The van der Waals surface area contributed by atoms with E-state index in [1.807, 2.05) is 6.07 Å². The average Bonchev–Trinajstić information content (AvgIpc) is 2.42. The largest absolute Gasteiger partial charge is 0.327 e. The van der Waals surface area contributed by atoms with E-state index in [0.29, 0.717) is 5.25 Å². The van der Waals surface area contributed by atoms with E-state index < -0.39 is 0 Å². The molecule has 2 rings (SSSR count). The van der Waals surface area contributed by atoms with Crippen molar-refractivity contribution in [2.45, 2.75) is 68.6 Å². The first-order valence-electron chi connectivity index (χ1n) is 7.79. The number of hydrogen-bond donors (Lipinski definition) is 1. The van der Waals surface area contributed by atoms with Gasteiger partial charge in [-0.2, -0.15) is 0 Å². The van der Waals surface area contributed by atoms with Crippen LogP contribution in [0.4, 0.5) is 4.39 Å². The molecule has 1 fully saturated rings. The lowest BCUT2D eigenvalue weighted by molar-refractivity contribution is 0.394. The van der Waals surface area contributed by atoms with Gasteiger partial charge < -0.3 is 5.73 Å². The number of benzene rings is 1. The highest BCUT2D eigenvalue weighted by Crippen LogP contribution is 2.38. The van der Waals surface area contributed by atoms with Crippen molar-refractivity contribution in [3.8, 4) is 0 Å². The first-order valence-corrected chi connectivity index (χ1v) is 8.67. The third-order valence-electron chi connectivity index (χ3n) is 4.23. The molecule has 3 atom stereocenters. The van der Waals surface area contributed by atoms with E-state index in [0.717, 1.165) is 29.2 Å². The second-order valence-electron chi connectivity index (χ2n) is 6.11. The maximum absolute atomic E-state index is 14.2. The van der Waals surface area contributed by atoms with Crippen LogP contribution in [-0.2, 0) is 6.42 Å². The molecule has 3 unspecified atom stereocenters. The van der Waals surface area contributed by atoms with Crippen molar-refractivity contribution < 1.29 is 4.39 Å². The maximum Gasteiger partial charge on any atom is 0.137 e. The minimum atomic E-state index is -0.0750. The minimum absolute atomic E-state index is 0.0750. The van der Waals surface area contributed by atoms with Crippen molar-refractivity contribution in [3.05, 3.63) is 29.6 Å². The van der Waals surface area contributed by atoms with Gasteiger partial charge in [0.15, 0.2) is 0 Å². The Balaban J connectivity index is 2.12. The normalized spacial score (nSPS) is 24.6. The van der Waals surface area contributed by atoms with Gasteiger partial charge in [-0.15, -0.1) is 11.8 Å². The van der Waals surface area contributed by atoms with Gasteiger partial charge in [-0.25, -0.2) is 4.39 Å². The molecule has 0 aromatic heterocycles. The quantitative estimate of drug-likeness (QED) is 0.846. The smallest absolute Gasteiger partial charge is 0.137 e. The second kappa shape index (κ2) is 7.46. The van der Waals surface area contributed by atoms with Crippen LogP contribution in [0.15, 0.2) is 23.1 Å². The van der Waals surface area contributed by atoms with E-state index in [4.69, 9.17) is 5.73 Å². The standard InChI is InChI=1S/C17H26FNS/c1-3-14(19)11-13-7-5-9-16(18)17(13)20-15-8-4-6-12(2)10-15/h5,7,9,12,14-15H,3-4,6,8,10-11,19H2,1-2H3. The summed E-state index contributed by atoms with van der Waals surface area (Å²) in [6, 6.07) is 5.55. The molecule has 112 valence electrons. The van der Waals surface area contributed by atoms with E-state index in [1.165, 1.54) is 25.7 Å². The Hall–Kier alpha value is -0.540. The third-order valence-corrected chi connectivity index (χ3v) is 5.68. The zero-order chi connectivity index (χ0) is 14.5. The molecule has 0 radical (unpaired) electrons. The summed E-state index contributed by atoms with van der Waals surface area (Å²) in [5, 5.41) is 0.562. The fourth-order valence-electron chi connectivity index (χ4n) is 2.93. The summed E-state index contributed by atoms with van der Waals surface area (Å²) in [6.45, 7) is 4.39. The molecule has 1 saturated carbocycles. The Morgan fingerprint density at radius 2 is 2.20 bits per heavy atom. The Morgan fingerprint density at radius 1 is 1.40 bits per heavy atom. The van der Waals surface area contributed by atoms with E-state index >= 15 is 0 Å². The molecule has 3 heteroatoms. The summed E-state index contributed by atoms with van der Waals surface area (Å²) in [4.78, 5) is 0.843. The van der Waals surface area contributed by atoms with Gasteiger partial charge >= 0.3 is 0 Å². The fraction of sp³-hybridized carbons (Fsp3) is 0.647. The molecule has 1 nitrogen and oxygen atoms in total. The van der Waals surface area contributed by atoms with Crippen LogP contribution in [0.2, 0.25) is 0 Å². The van der Waals surface area contributed by atoms with Gasteiger partial charge in [0.25, 0.3) is 0 Å². The Kier molecular flexibility index (Phi) is 5.91. The van der Waals surface area contributed by atoms with Gasteiger partial charge in [-0.3, -0.25) is 0 Å². The number of halogens is 1. The van der Waals surface area contributed by atoms with Crippen LogP contribution < -0.4 is 5.73 Å². The van der Waals surface area contributed by atoms with Crippen LogP contribution in [0, 0.1) is 11.7 Å². The highest BCUT2D eigenvalue weighted by molar-refractivity contribution is 8.00. The number of thioether (sulfide) groups is 1. The lowest BCUT2D eigenvalue weighted by Gasteiger charge is -2.27. The van der Waals surface area contributed by atoms with Gasteiger partial charge in [0.1, 0.15) is 5.82 Å². The van der Waals surface area contributed by atoms with Crippen molar-refractivity contribution in [1.29, 1.82) is 0 Å². The van der Waals surface area contributed by atoms with Crippen molar-refractivity contribution >= 4 is 11.8 Å². The van der Waals surface area contributed by atoms with Crippen molar-refractivity contribution in [2.75, 3.05) is 0 Å². The summed E-state index contributed by atoms with van der Waals surface area (Å²) in [7, 11) is 0. The van der Waals surface area contributed by atoms with E-state index in [9.17, 15) is 4.39 Å². The predicted molar refractivity (Wildman–Crippen MR) is 85.6 cm³/mol. The summed E-state index contributed by atoms with van der Waals surface area (Å²) < 4.78 is 14.2. The zero-order valence-corrected chi connectivity index (χ0v) is 13.4. The van der Waals surface area contributed by atoms with Crippen LogP contribution in [-0.4, -0.2) is 11.3 Å². The van der Waals surface area contributed by atoms with Crippen molar-refractivity contribution in [1.82, 2.24) is 0 Å². The summed E-state index contributed by atoms with van der Waals surface area (Å²) >= 11 is 1.74. The van der Waals surface area contributed by atoms with Gasteiger partial charge in [0, 0.05) is 16.2 Å². The van der Waals surface area contributed by atoms with Crippen molar-refractivity contribution in [3.63, 3.8) is 0 Å². The molecule has 1 aliphatic carbocycles. The Bertz CT molecular complexity index is 435. The molecule has 0 aliphatic heterocycles. The third kappa shape index (κ3) is 4.23. The highest BCUT2D eigenvalue weighted by atomic mass is 32.2. The fourth-order valence-corrected chi connectivity index (χ4v) is 4.45. The predicted octanol–water partition coefficient (Wildman–Crippen LogP) is 4.78. The minimum Gasteiger partial charge on any atom is -0.327 e. The molecule has 0 heterocycles. The van der Waals surface area contributed by atoms with Gasteiger partial charge in [-0.05, 0) is 43.2 Å². The highest BCUT2D eigenvalue weighted by Gasteiger charge is 2.22. The Labute approximate surface area is 126 Å². The van der Waals surface area contributed by atoms with E-state index in [1.54, 1.807) is 23.9 Å². The maximum atomic E-state index is 14.2. The van der Waals surface area contributed by atoms with Crippen LogP contribution in [0.5, 0.6) is 0 Å². The SMILES string of the molecule is CCC(N)Cc1cccc(F)c1SC1CCCC(C)C1. The number of rotatable bonds is 5. The van der Waals surface area contributed by atoms with Gasteiger partial charge in [0.2, 0.25) is 0 Å². The first-order chi connectivity index (χ1) is 9.60. The molecule has 0 bridgehead atoms. The molecule has 0 spiro atoms. The molecular weight excluding hydrogens is 269 g/mol. The van der Waals surface area contributed by atoms with Crippen LogP contribution in [0.3, 0.4) is 0 Å². The molecule has 0 amide bonds. The molecule has 1 aromatic rings. The number of hydrogen-bond acceptors (Lipinski definition) is 2. The molecule has 2 N–H and O–H groups in total. The average molecular weight is 295 g/mol. The molecule has 0 saturated heterocycles. The number of nitrogens with two attached hydrogens (primary N) is 1. The van der Waals surface area contributed by atoms with Crippen LogP contribution >= 0.6 is 11.8 Å². The first kappa shape index (κ1) is 15.8. The van der Waals surface area contributed by atoms with Gasteiger partial charge in [0.05, 0.1) is 0 Å². The summed E-state index contributed by atoms with van der Waals surface area (Å²) in [5.41, 5.74) is 7.13. The zero-order valence-electron chi connectivity index (χ0n) is 12.6. The Morgan fingerprint density at radius 3 is 2.90 bits per heavy atom. The topological polar surface area (TPSA) is 26.0 Å². The van der Waals surface area contributed by atoms with Crippen LogP contribution in [0.1, 0.15) is 51.5 Å². The lowest BCUT2D eigenvalue weighted by atomic mass is 9.91. The molecular formula is C17H26FNS. The van der Waals surface area contributed by atoms with Crippen LogP contribution in [0.25, 0.3) is 0 Å². The molecule has 20 heavy (non-hydrogen) atoms. The van der Waals surface area contributed by atoms with Gasteiger partial charge in [-0.1, -0.05) is 38.8 Å². The molecule has 1 aromatic carbocycles. The summed E-state index contributed by atoms with van der Waals surface area (Å²) in [6.07, 6.45) is 6.72. The second-order valence-corrected chi connectivity index (χ2v) is 7.42. The van der Waals surface area contributed by atoms with E-state index in [-0.39, 0.29) is 11.9 Å². The summed E-state index contributed by atoms with van der Waals surface area (Å²) in [5.74, 6) is 0.698. The van der Waals surface area contributed by atoms with Crippen molar-refractivity contribution in [2.24, 2.45) is 11.7 Å². The lowest BCUT2D eigenvalue weighted by Crippen LogP contribution is -2.22.